The maximum absolute atomic E-state index is 12.4. The Morgan fingerprint density at radius 2 is 1.64 bits per heavy atom. The van der Waals surface area contributed by atoms with Gasteiger partial charge in [0.15, 0.2) is 29.8 Å². The van der Waals surface area contributed by atoms with Gasteiger partial charge in [0.05, 0.1) is 12.4 Å². The molecular formula is C32H39NO11S. The summed E-state index contributed by atoms with van der Waals surface area (Å²) in [5, 5.41) is -0.283. The van der Waals surface area contributed by atoms with E-state index in [1.54, 1.807) is 7.11 Å². The highest BCUT2D eigenvalue weighted by molar-refractivity contribution is 8.00. The summed E-state index contributed by atoms with van der Waals surface area (Å²) in [7, 11) is 3.81. The molecule has 0 saturated carbocycles. The van der Waals surface area contributed by atoms with Crippen LogP contribution in [0.4, 0.5) is 0 Å². The lowest BCUT2D eigenvalue weighted by atomic mass is 9.53. The fraction of sp³-hybridized carbons (Fsp3) is 0.625. The molecule has 0 aromatic heterocycles. The quantitative estimate of drug-likeness (QED) is 0.233. The Morgan fingerprint density at radius 3 is 2.31 bits per heavy atom. The third-order valence-corrected chi connectivity index (χ3v) is 10.9. The fourth-order valence-corrected chi connectivity index (χ4v) is 9.44. The van der Waals surface area contributed by atoms with E-state index in [1.165, 1.54) is 50.6 Å². The van der Waals surface area contributed by atoms with Crippen LogP contribution in [0.15, 0.2) is 24.3 Å². The Balaban J connectivity index is 1.39. The van der Waals surface area contributed by atoms with Gasteiger partial charge in [0.2, 0.25) is 0 Å². The van der Waals surface area contributed by atoms with Gasteiger partial charge >= 0.3 is 23.9 Å². The third kappa shape index (κ3) is 5.46. The number of hydrogen-bond acceptors (Lipinski definition) is 13. The number of carbonyl (C=O) groups excluding carboxylic acids is 4. The van der Waals surface area contributed by atoms with Crippen molar-refractivity contribution in [3.8, 4) is 11.5 Å². The molecule has 0 amide bonds. The molecule has 5 aliphatic rings. The van der Waals surface area contributed by atoms with Gasteiger partial charge in [-0.2, -0.15) is 0 Å². The summed E-state index contributed by atoms with van der Waals surface area (Å²) in [4.78, 5) is 51.1. The van der Waals surface area contributed by atoms with E-state index >= 15 is 0 Å². The number of ether oxygens (including phenoxy) is 7. The molecule has 0 radical (unpaired) electrons. The highest BCUT2D eigenvalue weighted by Gasteiger charge is 2.65. The number of likely N-dealkylation sites (N-methyl/N-ethyl adjacent to an activating group) is 1. The predicted octanol–water partition coefficient (Wildman–Crippen LogP) is 2.33. The van der Waals surface area contributed by atoms with Crippen molar-refractivity contribution < 1.29 is 52.3 Å². The summed E-state index contributed by atoms with van der Waals surface area (Å²) in [5.41, 5.74) is 1.25. The van der Waals surface area contributed by atoms with Gasteiger partial charge < -0.3 is 38.1 Å². The average Bonchev–Trinajstić information content (AvgIpc) is 3.32. The Morgan fingerprint density at radius 1 is 0.956 bits per heavy atom. The van der Waals surface area contributed by atoms with Crippen LogP contribution in [0.5, 0.6) is 11.5 Å². The van der Waals surface area contributed by atoms with E-state index in [-0.39, 0.29) is 29.3 Å². The summed E-state index contributed by atoms with van der Waals surface area (Å²) in [5.74, 6) is -0.861. The first-order chi connectivity index (χ1) is 21.4. The van der Waals surface area contributed by atoms with Gasteiger partial charge in [-0.1, -0.05) is 18.2 Å². The third-order valence-electron chi connectivity index (χ3n) is 9.57. The molecule has 10 atom stereocenters. The van der Waals surface area contributed by atoms with E-state index in [4.69, 9.17) is 33.2 Å². The SMILES string of the molecule is COc1ccc2c3c1OC1C(SC4O[C@H](COC(C)=O)[C@H](OC(C)=O)[C@H](OC(C)=O)[C@H]4OC(C)=O)C=CC4C(C2)N(C)CCC341. The second-order valence-corrected chi connectivity index (χ2v) is 13.6. The maximum Gasteiger partial charge on any atom is 0.303 e. The van der Waals surface area contributed by atoms with E-state index in [9.17, 15) is 19.2 Å². The topological polar surface area (TPSA) is 136 Å². The standard InChI is InChI=1S/C32H39NO11S/c1-15(34)39-14-23-27(40-16(2)35)28(41-17(3)36)29(42-18(4)37)31(43-23)45-24-10-8-20-21-13-19-7-9-22(38-6)26-25(19)32(20,30(24)44-26)11-12-33(21)5/h7-10,20-21,23-24,27-31H,11-14H2,1-6H3/t20?,21?,23-,24?,27+,28+,29-,30?,31?,32?/m1/s1. The van der Waals surface area contributed by atoms with Crippen molar-refractivity contribution in [2.24, 2.45) is 5.92 Å². The van der Waals surface area contributed by atoms with Crippen molar-refractivity contribution in [1.82, 2.24) is 4.90 Å². The molecule has 1 aromatic carbocycles. The Kier molecular flexibility index (Phi) is 8.55. The lowest BCUT2D eigenvalue weighted by molar-refractivity contribution is -0.237. The van der Waals surface area contributed by atoms with Gasteiger partial charge in [0, 0.05) is 50.6 Å². The lowest BCUT2D eigenvalue weighted by Crippen LogP contribution is -2.65. The first-order valence-corrected chi connectivity index (χ1v) is 16.1. The van der Waals surface area contributed by atoms with E-state index in [1.807, 2.05) is 6.07 Å². The van der Waals surface area contributed by atoms with E-state index in [0.717, 1.165) is 25.1 Å². The van der Waals surface area contributed by atoms with Crippen molar-refractivity contribution in [2.45, 2.75) is 93.2 Å². The van der Waals surface area contributed by atoms with Crippen LogP contribution in [0, 0.1) is 5.92 Å². The van der Waals surface area contributed by atoms with Crippen molar-refractivity contribution in [3.05, 3.63) is 35.4 Å². The monoisotopic (exact) mass is 645 g/mol. The summed E-state index contributed by atoms with van der Waals surface area (Å²) < 4.78 is 41.3. The van der Waals surface area contributed by atoms with E-state index < -0.39 is 53.7 Å². The highest BCUT2D eigenvalue weighted by Crippen LogP contribution is 2.63. The van der Waals surface area contributed by atoms with Crippen LogP contribution >= 0.6 is 11.8 Å². The van der Waals surface area contributed by atoms with Crippen LogP contribution in [-0.4, -0.2) is 103 Å². The Hall–Kier alpha value is -3.29. The molecule has 2 fully saturated rings. The van der Waals surface area contributed by atoms with E-state index in [0.29, 0.717) is 11.8 Å². The second-order valence-electron chi connectivity index (χ2n) is 12.3. The van der Waals surface area contributed by atoms with Gasteiger partial charge in [-0.25, -0.2) is 0 Å². The van der Waals surface area contributed by atoms with Crippen LogP contribution in [0.1, 0.15) is 45.2 Å². The van der Waals surface area contributed by atoms with Crippen LogP contribution in [0.3, 0.4) is 0 Å². The minimum absolute atomic E-state index is 0.217. The van der Waals surface area contributed by atoms with Gasteiger partial charge in [-0.15, -0.1) is 11.8 Å². The van der Waals surface area contributed by atoms with Gasteiger partial charge in [0.1, 0.15) is 24.3 Å². The number of thioether (sulfide) groups is 1. The molecule has 6 rings (SSSR count). The Labute approximate surface area is 266 Å². The number of likely N-dealkylation sites (tertiary alicyclic amines) is 1. The molecule has 2 aliphatic carbocycles. The zero-order chi connectivity index (χ0) is 32.2. The number of carbonyl (C=O) groups is 4. The smallest absolute Gasteiger partial charge is 0.303 e. The summed E-state index contributed by atoms with van der Waals surface area (Å²) in [6.45, 7) is 5.54. The summed E-state index contributed by atoms with van der Waals surface area (Å²) in [6, 6.07) is 4.42. The molecule has 0 N–H and O–H groups in total. The van der Waals surface area contributed by atoms with Crippen molar-refractivity contribution >= 4 is 35.6 Å². The van der Waals surface area contributed by atoms with E-state index in [2.05, 4.69) is 30.2 Å². The lowest BCUT2D eigenvalue weighted by Gasteiger charge is -2.57. The first-order valence-electron chi connectivity index (χ1n) is 15.2. The summed E-state index contributed by atoms with van der Waals surface area (Å²) in [6.07, 6.45) is 1.30. The van der Waals surface area contributed by atoms with Gasteiger partial charge in [-0.05, 0) is 38.1 Å². The first kappa shape index (κ1) is 31.7. The number of benzene rings is 1. The van der Waals surface area contributed by atoms with Crippen LogP contribution in [-0.2, 0) is 54.7 Å². The average molecular weight is 646 g/mol. The number of hydrogen-bond donors (Lipinski definition) is 0. The number of nitrogens with zero attached hydrogens (tertiary/aromatic N) is 1. The van der Waals surface area contributed by atoms with Crippen molar-refractivity contribution in [3.63, 3.8) is 0 Å². The molecule has 1 spiro atoms. The molecular weight excluding hydrogens is 606 g/mol. The van der Waals surface area contributed by atoms with Crippen LogP contribution < -0.4 is 9.47 Å². The Bertz CT molecular complexity index is 1420. The zero-order valence-electron chi connectivity index (χ0n) is 26.2. The van der Waals surface area contributed by atoms with Crippen molar-refractivity contribution in [2.75, 3.05) is 27.3 Å². The number of esters is 4. The molecule has 12 nitrogen and oxygen atoms in total. The number of methoxy groups -OCH3 is 1. The van der Waals surface area contributed by atoms with Gasteiger partial charge in [-0.3, -0.25) is 19.2 Å². The molecule has 1 aromatic rings. The molecule has 6 unspecified atom stereocenters. The molecule has 2 saturated heterocycles. The fourth-order valence-electron chi connectivity index (χ4n) is 7.94. The predicted molar refractivity (Wildman–Crippen MR) is 160 cm³/mol. The number of rotatable bonds is 8. The van der Waals surface area contributed by atoms with Crippen LogP contribution in [0.2, 0.25) is 0 Å². The number of piperidine rings is 1. The minimum Gasteiger partial charge on any atom is -0.493 e. The summed E-state index contributed by atoms with van der Waals surface area (Å²) >= 11 is 1.38. The second kappa shape index (κ2) is 12.1. The molecule has 45 heavy (non-hydrogen) atoms. The maximum atomic E-state index is 12.4. The molecule has 2 bridgehead atoms. The molecule has 3 heterocycles. The zero-order valence-corrected chi connectivity index (χ0v) is 27.0. The molecule has 13 heteroatoms. The van der Waals surface area contributed by atoms with Crippen LogP contribution in [0.25, 0.3) is 0 Å². The highest BCUT2D eigenvalue weighted by atomic mass is 32.2. The molecule has 3 aliphatic heterocycles. The van der Waals surface area contributed by atoms with Crippen molar-refractivity contribution in [1.29, 1.82) is 0 Å². The minimum atomic E-state index is -1.23. The van der Waals surface area contributed by atoms with Gasteiger partial charge in [0.25, 0.3) is 0 Å². The molecule has 244 valence electrons. The normalized spacial score (nSPS) is 35.8. The largest absolute Gasteiger partial charge is 0.493 e.